The molecule has 30 heavy (non-hydrogen) atoms. The van der Waals surface area contributed by atoms with Crippen molar-refractivity contribution in [2.24, 2.45) is 0 Å². The van der Waals surface area contributed by atoms with Crippen LogP contribution in [0, 0.1) is 0 Å². The van der Waals surface area contributed by atoms with Gasteiger partial charge in [0.05, 0.1) is 26.0 Å². The largest absolute Gasteiger partial charge is 0.467 e. The second-order valence-electron chi connectivity index (χ2n) is 6.93. The van der Waals surface area contributed by atoms with E-state index in [4.69, 9.17) is 14.2 Å². The van der Waals surface area contributed by atoms with E-state index in [1.165, 1.54) is 0 Å². The number of fused-ring (bicyclic) bond motifs is 1. The van der Waals surface area contributed by atoms with Crippen LogP contribution in [-0.4, -0.2) is 48.4 Å². The Labute approximate surface area is 174 Å². The number of aromatic nitrogens is 3. The first-order valence-corrected chi connectivity index (χ1v) is 9.80. The smallest absolute Gasteiger partial charge is 0.322 e. The summed E-state index contributed by atoms with van der Waals surface area (Å²) in [6.45, 7) is 2.77. The first kappa shape index (κ1) is 18.4. The van der Waals surface area contributed by atoms with E-state index in [1.807, 2.05) is 48.5 Å². The zero-order valence-corrected chi connectivity index (χ0v) is 16.5. The summed E-state index contributed by atoms with van der Waals surface area (Å²) < 4.78 is 16.6. The molecule has 0 saturated carbocycles. The van der Waals surface area contributed by atoms with Crippen LogP contribution in [0.2, 0.25) is 0 Å². The zero-order valence-electron chi connectivity index (χ0n) is 16.5. The van der Waals surface area contributed by atoms with Crippen molar-refractivity contribution in [1.29, 1.82) is 0 Å². The van der Waals surface area contributed by atoms with Crippen LogP contribution in [0.1, 0.15) is 11.8 Å². The Kier molecular flexibility index (Phi) is 4.94. The number of benzene rings is 2. The molecule has 5 rings (SSSR count). The number of anilines is 4. The molecule has 1 atom stereocenters. The molecule has 1 fully saturated rings. The van der Waals surface area contributed by atoms with Gasteiger partial charge in [0.15, 0.2) is 6.23 Å². The molecule has 1 saturated heterocycles. The Hall–Kier alpha value is -3.59. The predicted octanol–water partition coefficient (Wildman–Crippen LogP) is 2.96. The molecule has 3 aromatic rings. The molecular formula is C21H22N6O3. The third kappa shape index (κ3) is 3.79. The van der Waals surface area contributed by atoms with Crippen molar-refractivity contribution in [2.75, 3.05) is 48.9 Å². The summed E-state index contributed by atoms with van der Waals surface area (Å²) in [7, 11) is 1.55. The van der Waals surface area contributed by atoms with Crippen LogP contribution in [0.3, 0.4) is 0 Å². The molecule has 2 N–H and O–H groups in total. The molecule has 2 aliphatic heterocycles. The fraction of sp³-hybridized carbons (Fsp3) is 0.286. The van der Waals surface area contributed by atoms with Crippen molar-refractivity contribution < 1.29 is 14.2 Å². The highest BCUT2D eigenvalue weighted by molar-refractivity contribution is 5.61. The van der Waals surface area contributed by atoms with Crippen LogP contribution in [0.4, 0.5) is 23.3 Å². The van der Waals surface area contributed by atoms with Crippen LogP contribution in [0.15, 0.2) is 48.5 Å². The monoisotopic (exact) mass is 406 g/mol. The number of hydrogen-bond acceptors (Lipinski definition) is 9. The molecule has 9 heteroatoms. The highest BCUT2D eigenvalue weighted by atomic mass is 16.5. The van der Waals surface area contributed by atoms with Gasteiger partial charge in [-0.25, -0.2) is 0 Å². The maximum atomic E-state index is 5.97. The summed E-state index contributed by atoms with van der Waals surface area (Å²) in [5.41, 5.74) is 2.88. The van der Waals surface area contributed by atoms with Crippen LogP contribution in [-0.2, 0) is 4.74 Å². The second kappa shape index (κ2) is 8.03. The number of nitrogens with one attached hydrogen (secondary N) is 2. The number of rotatable bonds is 5. The summed E-state index contributed by atoms with van der Waals surface area (Å²) in [6, 6.07) is 16.1. The SMILES string of the molecule is COc1nc(Nc2ccc([C@H]3Nc4ccccc4O3)cc2)nc(N2CCOCC2)n1. The maximum Gasteiger partial charge on any atom is 0.322 e. The molecule has 0 aliphatic carbocycles. The van der Waals surface area contributed by atoms with Gasteiger partial charge in [0.1, 0.15) is 5.75 Å². The van der Waals surface area contributed by atoms with Crippen molar-refractivity contribution in [3.05, 3.63) is 54.1 Å². The van der Waals surface area contributed by atoms with Gasteiger partial charge in [0.25, 0.3) is 0 Å². The van der Waals surface area contributed by atoms with E-state index in [0.717, 1.165) is 35.8 Å². The fourth-order valence-electron chi connectivity index (χ4n) is 3.41. The molecule has 2 aliphatic rings. The van der Waals surface area contributed by atoms with Crippen LogP contribution < -0.4 is 25.0 Å². The average molecular weight is 406 g/mol. The third-order valence-electron chi connectivity index (χ3n) is 4.97. The standard InChI is InChI=1S/C21H22N6O3/c1-28-21-25-19(24-20(26-21)27-10-12-29-13-11-27)22-15-8-6-14(7-9-15)18-23-16-4-2-3-5-17(16)30-18/h2-9,18,23H,10-13H2,1H3,(H,22,24,25,26)/t18-/m0/s1. The van der Waals surface area contributed by atoms with Gasteiger partial charge in [-0.05, 0) is 24.3 Å². The molecule has 1 aromatic heterocycles. The quantitative estimate of drug-likeness (QED) is 0.663. The van der Waals surface area contributed by atoms with Crippen molar-refractivity contribution in [2.45, 2.75) is 6.23 Å². The Morgan fingerprint density at radius 2 is 1.83 bits per heavy atom. The van der Waals surface area contributed by atoms with E-state index in [-0.39, 0.29) is 12.2 Å². The number of methoxy groups -OCH3 is 1. The number of ether oxygens (including phenoxy) is 3. The number of hydrogen-bond donors (Lipinski definition) is 2. The first-order valence-electron chi connectivity index (χ1n) is 9.80. The molecule has 3 heterocycles. The first-order chi connectivity index (χ1) is 14.8. The Balaban J connectivity index is 1.31. The maximum absolute atomic E-state index is 5.97. The van der Waals surface area contributed by atoms with Crippen LogP contribution >= 0.6 is 0 Å². The molecule has 0 radical (unpaired) electrons. The highest BCUT2D eigenvalue weighted by Crippen LogP contribution is 2.37. The third-order valence-corrected chi connectivity index (χ3v) is 4.97. The molecule has 0 amide bonds. The van der Waals surface area contributed by atoms with Gasteiger partial charge in [-0.2, -0.15) is 15.0 Å². The molecule has 0 unspecified atom stereocenters. The molecule has 9 nitrogen and oxygen atoms in total. The fourth-order valence-corrected chi connectivity index (χ4v) is 3.41. The van der Waals surface area contributed by atoms with E-state index in [9.17, 15) is 0 Å². The van der Waals surface area contributed by atoms with Crippen molar-refractivity contribution in [3.8, 4) is 11.8 Å². The summed E-state index contributed by atoms with van der Waals surface area (Å²) >= 11 is 0. The molecule has 2 aromatic carbocycles. The van der Waals surface area contributed by atoms with Gasteiger partial charge >= 0.3 is 6.01 Å². The Morgan fingerprint density at radius 1 is 1.03 bits per heavy atom. The second-order valence-corrected chi connectivity index (χ2v) is 6.93. The zero-order chi connectivity index (χ0) is 20.3. The lowest BCUT2D eigenvalue weighted by molar-refractivity contribution is 0.122. The average Bonchev–Trinajstić information content (AvgIpc) is 3.24. The van der Waals surface area contributed by atoms with Crippen LogP contribution in [0.5, 0.6) is 11.8 Å². The van der Waals surface area contributed by atoms with Crippen LogP contribution in [0.25, 0.3) is 0 Å². The minimum Gasteiger partial charge on any atom is -0.467 e. The van der Waals surface area contributed by atoms with Crippen molar-refractivity contribution in [1.82, 2.24) is 15.0 Å². The molecule has 0 spiro atoms. The van der Waals surface area contributed by atoms with E-state index >= 15 is 0 Å². The van der Waals surface area contributed by atoms with Gasteiger partial charge in [0.2, 0.25) is 11.9 Å². The molecule has 0 bridgehead atoms. The van der Waals surface area contributed by atoms with Crippen molar-refractivity contribution >= 4 is 23.3 Å². The topological polar surface area (TPSA) is 93.7 Å². The normalized spacial score (nSPS) is 17.6. The molecular weight excluding hydrogens is 384 g/mol. The lowest BCUT2D eigenvalue weighted by Crippen LogP contribution is -2.37. The van der Waals surface area contributed by atoms with Gasteiger partial charge < -0.3 is 29.7 Å². The highest BCUT2D eigenvalue weighted by Gasteiger charge is 2.22. The van der Waals surface area contributed by atoms with E-state index < -0.39 is 0 Å². The predicted molar refractivity (Wildman–Crippen MR) is 113 cm³/mol. The Bertz CT molecular complexity index is 999. The minimum atomic E-state index is -0.207. The van der Waals surface area contributed by atoms with E-state index in [1.54, 1.807) is 7.11 Å². The molecule has 154 valence electrons. The minimum absolute atomic E-state index is 0.207. The number of morpholine rings is 1. The lowest BCUT2D eigenvalue weighted by Gasteiger charge is -2.26. The van der Waals surface area contributed by atoms with Gasteiger partial charge in [-0.1, -0.05) is 24.3 Å². The summed E-state index contributed by atoms with van der Waals surface area (Å²) in [4.78, 5) is 15.3. The lowest BCUT2D eigenvalue weighted by atomic mass is 10.2. The van der Waals surface area contributed by atoms with Crippen molar-refractivity contribution in [3.63, 3.8) is 0 Å². The number of nitrogens with zero attached hydrogens (tertiary/aromatic N) is 4. The van der Waals surface area contributed by atoms with Gasteiger partial charge in [-0.15, -0.1) is 0 Å². The van der Waals surface area contributed by atoms with Gasteiger partial charge in [0, 0.05) is 24.3 Å². The summed E-state index contributed by atoms with van der Waals surface area (Å²) in [6.07, 6.45) is -0.207. The van der Waals surface area contributed by atoms with E-state index in [0.29, 0.717) is 25.1 Å². The Morgan fingerprint density at radius 3 is 2.60 bits per heavy atom. The summed E-state index contributed by atoms with van der Waals surface area (Å²) in [5, 5.41) is 6.60. The number of para-hydroxylation sites is 2. The van der Waals surface area contributed by atoms with Gasteiger partial charge in [-0.3, -0.25) is 0 Å². The van der Waals surface area contributed by atoms with E-state index in [2.05, 4.69) is 30.5 Å². The summed E-state index contributed by atoms with van der Waals surface area (Å²) in [5.74, 6) is 1.86.